The summed E-state index contributed by atoms with van der Waals surface area (Å²) in [6, 6.07) is 0. The highest BCUT2D eigenvalue weighted by Gasteiger charge is 2.04. The molecular weight excluding hydrogens is 138 g/mol. The van der Waals surface area contributed by atoms with Crippen LogP contribution in [0.15, 0.2) is 23.0 Å². The maximum atomic E-state index is 9.91. The third kappa shape index (κ3) is 1.89. The van der Waals surface area contributed by atoms with E-state index in [1.807, 2.05) is 23.0 Å². The number of allylic oxidation sites excluding steroid dienone is 2. The van der Waals surface area contributed by atoms with Crippen molar-refractivity contribution in [2.45, 2.75) is 0 Å². The summed E-state index contributed by atoms with van der Waals surface area (Å²) in [5.41, 5.74) is 0. The number of nitrogens with zero attached hydrogens (tertiary/aromatic N) is 1. The van der Waals surface area contributed by atoms with Crippen LogP contribution in [0.4, 0.5) is 0 Å². The molecule has 0 bridgehead atoms. The van der Waals surface area contributed by atoms with Gasteiger partial charge in [0.25, 0.3) is 0 Å². The minimum absolute atomic E-state index is 0.0856. The van der Waals surface area contributed by atoms with E-state index in [2.05, 4.69) is 0 Å². The first-order valence-corrected chi connectivity index (χ1v) is 4.18. The molecule has 1 rings (SSSR count). The Kier molecular flexibility index (Phi) is 1.89. The highest BCUT2D eigenvalue weighted by molar-refractivity contribution is 8.22. The molecule has 0 aliphatic carbocycles. The van der Waals surface area contributed by atoms with Crippen LogP contribution in [0.25, 0.3) is 0 Å². The Morgan fingerprint density at radius 1 is 1.44 bits per heavy atom. The molecular formula is C5H7NO2S. The lowest BCUT2D eigenvalue weighted by atomic mass is 10.6. The van der Waals surface area contributed by atoms with Gasteiger partial charge in [0.15, 0.2) is 0 Å². The molecule has 0 aromatic carbocycles. The lowest BCUT2D eigenvalue weighted by Gasteiger charge is -2.00. The van der Waals surface area contributed by atoms with Crippen LogP contribution in [0, 0.1) is 10.1 Å². The Hall–Kier alpha value is -0.770. The zero-order valence-electron chi connectivity index (χ0n) is 4.73. The van der Waals surface area contributed by atoms with Gasteiger partial charge in [-0.05, 0) is 10.8 Å². The molecule has 50 valence electrons. The largest absolute Gasteiger partial charge is 0.264 e. The van der Waals surface area contributed by atoms with Gasteiger partial charge in [0.05, 0.1) is 0 Å². The summed E-state index contributed by atoms with van der Waals surface area (Å²) in [5.74, 6) is 0.0856. The average molecular weight is 145 g/mol. The molecule has 0 amide bonds. The minimum Gasteiger partial charge on any atom is -0.264 e. The fourth-order valence-electron chi connectivity index (χ4n) is 0.598. The fourth-order valence-corrected chi connectivity index (χ4v) is 1.79. The molecule has 0 radical (unpaired) electrons. The van der Waals surface area contributed by atoms with Crippen molar-refractivity contribution in [1.82, 2.24) is 0 Å². The van der Waals surface area contributed by atoms with Crippen LogP contribution < -0.4 is 0 Å². The van der Waals surface area contributed by atoms with Crippen LogP contribution in [-0.2, 0) is 0 Å². The van der Waals surface area contributed by atoms with E-state index < -0.39 is 10.9 Å². The smallest absolute Gasteiger partial charge is 0.238 e. The van der Waals surface area contributed by atoms with Crippen molar-refractivity contribution < 1.29 is 4.92 Å². The zero-order chi connectivity index (χ0) is 6.69. The number of hydrogen-bond acceptors (Lipinski definition) is 2. The summed E-state index contributed by atoms with van der Waals surface area (Å²) in [4.78, 5) is 9.64. The molecule has 0 fully saturated rings. The van der Waals surface area contributed by atoms with Crippen LogP contribution in [0.2, 0.25) is 0 Å². The maximum Gasteiger partial charge on any atom is 0.238 e. The molecule has 1 aliphatic heterocycles. The Labute approximate surface area is 55.6 Å². The molecule has 0 aromatic rings. The standard InChI is InChI=1S/C5H7NO2S/c7-6(8)5-9-3-1-2-4-9/h1-4,9H,5H2. The SMILES string of the molecule is O=[N+]([O-])C[SH]1C=CC=C1. The molecule has 4 heteroatoms. The first-order chi connectivity index (χ1) is 4.29. The molecule has 0 saturated heterocycles. The first kappa shape index (κ1) is 6.35. The van der Waals surface area contributed by atoms with Crippen LogP contribution in [-0.4, -0.2) is 10.8 Å². The second-order valence-corrected chi connectivity index (χ2v) is 3.58. The molecule has 1 heterocycles. The second kappa shape index (κ2) is 2.68. The summed E-state index contributed by atoms with van der Waals surface area (Å²) in [7, 11) is -0.545. The van der Waals surface area contributed by atoms with Gasteiger partial charge in [-0.15, -0.1) is 10.9 Å². The Balaban J connectivity index is 2.37. The highest BCUT2D eigenvalue weighted by atomic mass is 32.2. The zero-order valence-corrected chi connectivity index (χ0v) is 5.62. The monoisotopic (exact) mass is 145 g/mol. The number of rotatable bonds is 2. The first-order valence-electron chi connectivity index (χ1n) is 2.51. The van der Waals surface area contributed by atoms with Crippen LogP contribution in [0.3, 0.4) is 0 Å². The van der Waals surface area contributed by atoms with Gasteiger partial charge in [0.2, 0.25) is 5.88 Å². The van der Waals surface area contributed by atoms with E-state index >= 15 is 0 Å². The summed E-state index contributed by atoms with van der Waals surface area (Å²) in [6.07, 6.45) is 3.71. The van der Waals surface area contributed by atoms with Crippen LogP contribution >= 0.6 is 10.9 Å². The van der Waals surface area contributed by atoms with Gasteiger partial charge < -0.3 is 0 Å². The molecule has 1 aliphatic rings. The third-order valence-corrected chi connectivity index (χ3v) is 2.61. The van der Waals surface area contributed by atoms with Gasteiger partial charge >= 0.3 is 0 Å². The number of thiol groups is 1. The van der Waals surface area contributed by atoms with E-state index in [1.54, 1.807) is 0 Å². The fraction of sp³-hybridized carbons (Fsp3) is 0.200. The molecule has 0 atom stereocenters. The summed E-state index contributed by atoms with van der Waals surface area (Å²) in [5, 5.41) is 13.7. The van der Waals surface area contributed by atoms with Crippen molar-refractivity contribution in [3.63, 3.8) is 0 Å². The predicted octanol–water partition coefficient (Wildman–Crippen LogP) is 1.26. The van der Waals surface area contributed by atoms with E-state index in [-0.39, 0.29) is 10.8 Å². The lowest BCUT2D eigenvalue weighted by molar-refractivity contribution is -0.457. The third-order valence-electron chi connectivity index (χ3n) is 0.945. The number of nitro groups is 1. The second-order valence-electron chi connectivity index (χ2n) is 1.67. The normalized spacial score (nSPS) is 18.9. The van der Waals surface area contributed by atoms with E-state index in [0.717, 1.165) is 0 Å². The summed E-state index contributed by atoms with van der Waals surface area (Å²) in [6.45, 7) is 0. The quantitative estimate of drug-likeness (QED) is 0.361. The Bertz CT molecular complexity index is 164. The van der Waals surface area contributed by atoms with Crippen molar-refractivity contribution in [2.24, 2.45) is 0 Å². The van der Waals surface area contributed by atoms with Gasteiger partial charge in [-0.1, -0.05) is 12.2 Å². The molecule has 0 saturated carbocycles. The van der Waals surface area contributed by atoms with Crippen LogP contribution in [0.5, 0.6) is 0 Å². The predicted molar refractivity (Wildman–Crippen MR) is 39.1 cm³/mol. The van der Waals surface area contributed by atoms with Gasteiger partial charge in [-0.25, -0.2) is 0 Å². The van der Waals surface area contributed by atoms with E-state index in [0.29, 0.717) is 0 Å². The van der Waals surface area contributed by atoms with Gasteiger partial charge in [-0.3, -0.25) is 10.1 Å². The van der Waals surface area contributed by atoms with Gasteiger partial charge in [0.1, 0.15) is 0 Å². The Morgan fingerprint density at radius 3 is 2.44 bits per heavy atom. The molecule has 0 unspecified atom stereocenters. The topological polar surface area (TPSA) is 43.1 Å². The van der Waals surface area contributed by atoms with Crippen molar-refractivity contribution >= 4 is 10.9 Å². The van der Waals surface area contributed by atoms with Gasteiger partial charge in [-0.2, -0.15) is 0 Å². The highest BCUT2D eigenvalue weighted by Crippen LogP contribution is 2.31. The molecule has 0 N–H and O–H groups in total. The summed E-state index contributed by atoms with van der Waals surface area (Å²) >= 11 is 0. The van der Waals surface area contributed by atoms with E-state index in [1.165, 1.54) is 0 Å². The maximum absolute atomic E-state index is 9.91. The Morgan fingerprint density at radius 2 is 2.00 bits per heavy atom. The number of hydrogen-bond donors (Lipinski definition) is 1. The molecule has 9 heavy (non-hydrogen) atoms. The van der Waals surface area contributed by atoms with Crippen molar-refractivity contribution in [1.29, 1.82) is 0 Å². The molecule has 0 aromatic heterocycles. The van der Waals surface area contributed by atoms with Crippen LogP contribution in [0.1, 0.15) is 0 Å². The van der Waals surface area contributed by atoms with Crippen molar-refractivity contribution in [3.8, 4) is 0 Å². The minimum atomic E-state index is -0.545. The van der Waals surface area contributed by atoms with Crippen molar-refractivity contribution in [2.75, 3.05) is 5.88 Å². The van der Waals surface area contributed by atoms with Gasteiger partial charge in [0, 0.05) is 4.92 Å². The van der Waals surface area contributed by atoms with E-state index in [4.69, 9.17) is 0 Å². The van der Waals surface area contributed by atoms with E-state index in [9.17, 15) is 10.1 Å². The molecule has 3 nitrogen and oxygen atoms in total. The van der Waals surface area contributed by atoms with Crippen molar-refractivity contribution in [3.05, 3.63) is 33.1 Å². The lowest BCUT2D eigenvalue weighted by Crippen LogP contribution is -1.97. The summed E-state index contributed by atoms with van der Waals surface area (Å²) < 4.78 is 0. The average Bonchev–Trinajstić information content (AvgIpc) is 2.15. The molecule has 0 spiro atoms.